The van der Waals surface area contributed by atoms with Crippen molar-refractivity contribution < 1.29 is 17.9 Å². The number of nitrogens with zero attached hydrogens (tertiary/aromatic N) is 2. The van der Waals surface area contributed by atoms with Crippen LogP contribution in [0.1, 0.15) is 37.3 Å². The number of benzene rings is 1. The van der Waals surface area contributed by atoms with Gasteiger partial charge in [0.15, 0.2) is 0 Å². The van der Waals surface area contributed by atoms with Gasteiger partial charge in [0, 0.05) is 26.1 Å². The monoisotopic (exact) mass is 392 g/mol. The normalized spacial score (nSPS) is 29.0. The minimum absolute atomic E-state index is 0.0626. The van der Waals surface area contributed by atoms with Crippen LogP contribution in [0.5, 0.6) is 0 Å². The first-order valence-electron chi connectivity index (χ1n) is 9.85. The lowest BCUT2D eigenvalue weighted by Crippen LogP contribution is -2.37. The van der Waals surface area contributed by atoms with E-state index in [1.165, 1.54) is 7.11 Å². The molecule has 4 rings (SSSR count). The highest BCUT2D eigenvalue weighted by Crippen LogP contribution is 2.48. The first-order valence-corrected chi connectivity index (χ1v) is 11.4. The summed E-state index contributed by atoms with van der Waals surface area (Å²) in [6.07, 6.45) is 2.82. The van der Waals surface area contributed by atoms with Crippen LogP contribution in [0.4, 0.5) is 0 Å². The molecule has 1 aromatic rings. The van der Waals surface area contributed by atoms with Gasteiger partial charge in [0.05, 0.1) is 18.4 Å². The zero-order valence-corrected chi connectivity index (χ0v) is 16.6. The van der Waals surface area contributed by atoms with Gasteiger partial charge in [-0.3, -0.25) is 4.79 Å². The van der Waals surface area contributed by atoms with E-state index in [2.05, 4.69) is 17.0 Å². The second kappa shape index (κ2) is 7.53. The van der Waals surface area contributed by atoms with Crippen molar-refractivity contribution >= 4 is 16.0 Å². The smallest absolute Gasteiger partial charge is 0.305 e. The fraction of sp³-hybridized carbons (Fsp3) is 0.650. The van der Waals surface area contributed by atoms with Crippen molar-refractivity contribution in [3.63, 3.8) is 0 Å². The summed E-state index contributed by atoms with van der Waals surface area (Å²) < 4.78 is 32.6. The minimum atomic E-state index is -3.20. The number of hydrogen-bond acceptors (Lipinski definition) is 5. The first-order chi connectivity index (χ1) is 13.0. The van der Waals surface area contributed by atoms with E-state index < -0.39 is 10.0 Å². The summed E-state index contributed by atoms with van der Waals surface area (Å²) in [6, 6.07) is 10.0. The van der Waals surface area contributed by atoms with Crippen LogP contribution >= 0.6 is 0 Å². The fourth-order valence-electron chi connectivity index (χ4n) is 4.71. The molecule has 3 atom stereocenters. The lowest BCUT2D eigenvalue weighted by Gasteiger charge is -2.29. The molecule has 1 aromatic carbocycles. The molecule has 0 aromatic heterocycles. The Bertz CT molecular complexity index is 778. The Kier molecular flexibility index (Phi) is 5.27. The van der Waals surface area contributed by atoms with E-state index >= 15 is 0 Å². The van der Waals surface area contributed by atoms with Crippen LogP contribution in [-0.2, 0) is 19.6 Å². The van der Waals surface area contributed by atoms with Crippen molar-refractivity contribution in [1.29, 1.82) is 0 Å². The van der Waals surface area contributed by atoms with Gasteiger partial charge in [-0.25, -0.2) is 8.42 Å². The molecule has 2 aliphatic heterocycles. The molecular formula is C20H28N2O4S. The summed E-state index contributed by atoms with van der Waals surface area (Å²) in [4.78, 5) is 13.7. The van der Waals surface area contributed by atoms with Crippen molar-refractivity contribution in [2.24, 2.45) is 11.8 Å². The molecule has 2 saturated heterocycles. The van der Waals surface area contributed by atoms with Crippen LogP contribution in [-0.4, -0.2) is 62.1 Å². The van der Waals surface area contributed by atoms with Crippen LogP contribution in [0.25, 0.3) is 0 Å². The fourth-order valence-corrected chi connectivity index (χ4v) is 6.82. The highest BCUT2D eigenvalue weighted by Gasteiger charge is 2.54. The van der Waals surface area contributed by atoms with Gasteiger partial charge >= 0.3 is 5.97 Å². The molecule has 0 bridgehead atoms. The van der Waals surface area contributed by atoms with Gasteiger partial charge in [0.1, 0.15) is 0 Å². The Labute approximate surface area is 161 Å². The zero-order valence-electron chi connectivity index (χ0n) is 15.8. The SMILES string of the molecule is COC(=O)CCCN1C[C@H]2CN(S(=O)(=O)C3CC3)[C@H](c3ccccc3)[C@H]2C1. The minimum Gasteiger partial charge on any atom is -0.469 e. The van der Waals surface area contributed by atoms with Crippen LogP contribution in [0.3, 0.4) is 0 Å². The Morgan fingerprint density at radius 2 is 1.89 bits per heavy atom. The van der Waals surface area contributed by atoms with Crippen molar-refractivity contribution in [2.45, 2.75) is 37.0 Å². The molecule has 0 amide bonds. The van der Waals surface area contributed by atoms with Gasteiger partial charge < -0.3 is 9.64 Å². The highest BCUT2D eigenvalue weighted by atomic mass is 32.2. The number of esters is 1. The molecule has 27 heavy (non-hydrogen) atoms. The number of sulfonamides is 1. The van der Waals surface area contributed by atoms with Crippen LogP contribution in [0, 0.1) is 11.8 Å². The average Bonchev–Trinajstić information content (AvgIpc) is 3.37. The molecule has 2 heterocycles. The number of methoxy groups -OCH3 is 1. The zero-order chi connectivity index (χ0) is 19.0. The molecule has 1 saturated carbocycles. The molecule has 0 radical (unpaired) electrons. The molecular weight excluding hydrogens is 364 g/mol. The largest absolute Gasteiger partial charge is 0.469 e. The molecule has 0 N–H and O–H groups in total. The predicted octanol–water partition coefficient (Wildman–Crippen LogP) is 2.04. The number of hydrogen-bond donors (Lipinski definition) is 0. The maximum atomic E-state index is 13.0. The third-order valence-electron chi connectivity index (χ3n) is 6.19. The Morgan fingerprint density at radius 3 is 2.56 bits per heavy atom. The molecule has 6 nitrogen and oxygen atoms in total. The van der Waals surface area contributed by atoms with Crippen molar-refractivity contribution in [3.8, 4) is 0 Å². The molecule has 148 valence electrons. The number of fused-ring (bicyclic) bond motifs is 1. The topological polar surface area (TPSA) is 66.9 Å². The van der Waals surface area contributed by atoms with Gasteiger partial charge in [0.2, 0.25) is 10.0 Å². The number of carbonyl (C=O) groups excluding carboxylic acids is 1. The maximum Gasteiger partial charge on any atom is 0.305 e. The van der Waals surface area contributed by atoms with E-state index in [-0.39, 0.29) is 17.3 Å². The highest BCUT2D eigenvalue weighted by molar-refractivity contribution is 7.90. The molecule has 1 aliphatic carbocycles. The number of rotatable bonds is 7. The Morgan fingerprint density at radius 1 is 1.15 bits per heavy atom. The summed E-state index contributed by atoms with van der Waals surface area (Å²) >= 11 is 0. The second-order valence-corrected chi connectivity index (χ2v) is 10.2. The van der Waals surface area contributed by atoms with E-state index in [1.54, 1.807) is 4.31 Å². The summed E-state index contributed by atoms with van der Waals surface area (Å²) in [5, 5.41) is -0.168. The van der Waals surface area contributed by atoms with E-state index in [1.807, 2.05) is 18.2 Å². The van der Waals surface area contributed by atoms with E-state index in [0.29, 0.717) is 24.8 Å². The van der Waals surface area contributed by atoms with Gasteiger partial charge in [-0.15, -0.1) is 0 Å². The lowest BCUT2D eigenvalue weighted by atomic mass is 9.90. The van der Waals surface area contributed by atoms with Crippen LogP contribution in [0.15, 0.2) is 30.3 Å². The van der Waals surface area contributed by atoms with Crippen LogP contribution in [0.2, 0.25) is 0 Å². The molecule has 0 unspecified atom stereocenters. The Balaban J connectivity index is 1.49. The van der Waals surface area contributed by atoms with Gasteiger partial charge in [-0.1, -0.05) is 30.3 Å². The first kappa shape index (κ1) is 18.9. The van der Waals surface area contributed by atoms with E-state index in [4.69, 9.17) is 4.74 Å². The standard InChI is InChI=1S/C20H28N2O4S/c1-26-19(23)8-5-11-21-12-16-13-22(27(24,25)17-9-10-17)20(18(16)14-21)15-6-3-2-4-7-15/h2-4,6-7,16-18,20H,5,8-14H2,1H3/t16-,18-,20+/m0/s1. The number of likely N-dealkylation sites (tertiary alicyclic amines) is 1. The summed E-state index contributed by atoms with van der Waals surface area (Å²) in [7, 11) is -1.78. The van der Waals surface area contributed by atoms with Crippen molar-refractivity contribution in [2.75, 3.05) is 33.3 Å². The average molecular weight is 393 g/mol. The maximum absolute atomic E-state index is 13.0. The summed E-state index contributed by atoms with van der Waals surface area (Å²) in [5.74, 6) is 0.513. The van der Waals surface area contributed by atoms with Gasteiger partial charge in [-0.2, -0.15) is 4.31 Å². The Hall–Kier alpha value is -1.44. The van der Waals surface area contributed by atoms with Gasteiger partial charge in [0.25, 0.3) is 0 Å². The second-order valence-electron chi connectivity index (χ2n) is 8.03. The van der Waals surface area contributed by atoms with Crippen LogP contribution < -0.4 is 0 Å². The quantitative estimate of drug-likeness (QED) is 0.665. The predicted molar refractivity (Wildman–Crippen MR) is 103 cm³/mol. The molecule has 0 spiro atoms. The van der Waals surface area contributed by atoms with E-state index in [0.717, 1.165) is 44.5 Å². The van der Waals surface area contributed by atoms with Gasteiger partial charge in [-0.05, 0) is 43.2 Å². The van der Waals surface area contributed by atoms with Crippen molar-refractivity contribution in [1.82, 2.24) is 9.21 Å². The molecule has 3 aliphatic rings. The number of carbonyl (C=O) groups is 1. The molecule has 7 heteroatoms. The molecule has 3 fully saturated rings. The summed E-state index contributed by atoms with van der Waals surface area (Å²) in [6.45, 7) is 3.28. The van der Waals surface area contributed by atoms with Crippen molar-refractivity contribution in [3.05, 3.63) is 35.9 Å². The third kappa shape index (κ3) is 3.77. The summed E-state index contributed by atoms with van der Waals surface area (Å²) in [5.41, 5.74) is 1.10. The van der Waals surface area contributed by atoms with E-state index in [9.17, 15) is 13.2 Å². The third-order valence-corrected chi connectivity index (χ3v) is 8.54. The lowest BCUT2D eigenvalue weighted by molar-refractivity contribution is -0.140. The number of ether oxygens (including phenoxy) is 1.